The van der Waals surface area contributed by atoms with Crippen molar-refractivity contribution >= 4 is 12.0 Å². The van der Waals surface area contributed by atoms with Gasteiger partial charge < -0.3 is 15.7 Å². The molecule has 122 valence electrons. The molecule has 0 heterocycles. The predicted octanol–water partition coefficient (Wildman–Crippen LogP) is 3.00. The van der Waals surface area contributed by atoms with E-state index in [0.29, 0.717) is 24.8 Å². The van der Waals surface area contributed by atoms with Crippen molar-refractivity contribution in [1.82, 2.24) is 10.6 Å². The molecule has 1 rings (SSSR count). The van der Waals surface area contributed by atoms with Crippen LogP contribution < -0.4 is 10.6 Å². The number of rotatable bonds is 8. The smallest absolute Gasteiger partial charge is 0.314 e. The number of carboxylic acid groups (broad SMARTS) is 1. The number of aliphatic carboxylic acids is 1. The third-order valence-corrected chi connectivity index (χ3v) is 4.37. The lowest BCUT2D eigenvalue weighted by Crippen LogP contribution is -2.39. The molecule has 3 unspecified atom stereocenters. The second-order valence-corrected chi connectivity index (χ2v) is 6.60. The molecule has 0 spiro atoms. The van der Waals surface area contributed by atoms with Gasteiger partial charge in [0.15, 0.2) is 0 Å². The highest BCUT2D eigenvalue weighted by Gasteiger charge is 2.19. The van der Waals surface area contributed by atoms with Gasteiger partial charge in [0.05, 0.1) is 0 Å². The van der Waals surface area contributed by atoms with Crippen molar-refractivity contribution < 1.29 is 14.7 Å². The molecule has 5 heteroatoms. The largest absolute Gasteiger partial charge is 0.481 e. The number of carboxylic acids is 1. The monoisotopic (exact) mass is 298 g/mol. The van der Waals surface area contributed by atoms with E-state index in [4.69, 9.17) is 5.11 Å². The summed E-state index contributed by atoms with van der Waals surface area (Å²) in [5, 5.41) is 14.4. The van der Waals surface area contributed by atoms with Gasteiger partial charge in [0, 0.05) is 19.5 Å². The highest BCUT2D eigenvalue weighted by atomic mass is 16.4. The summed E-state index contributed by atoms with van der Waals surface area (Å²) in [5.74, 6) is 0.965. The Labute approximate surface area is 127 Å². The van der Waals surface area contributed by atoms with Gasteiger partial charge in [-0.2, -0.15) is 0 Å². The van der Waals surface area contributed by atoms with E-state index in [-0.39, 0.29) is 12.5 Å². The summed E-state index contributed by atoms with van der Waals surface area (Å²) < 4.78 is 0. The number of carbonyl (C=O) groups is 2. The Balaban J connectivity index is 2.04. The molecule has 0 bridgehead atoms. The second kappa shape index (κ2) is 9.64. The zero-order valence-electron chi connectivity index (χ0n) is 13.4. The van der Waals surface area contributed by atoms with Crippen LogP contribution in [0.3, 0.4) is 0 Å². The van der Waals surface area contributed by atoms with Crippen LogP contribution in [0.1, 0.15) is 58.8 Å². The molecule has 0 aromatic rings. The van der Waals surface area contributed by atoms with Gasteiger partial charge in [-0.3, -0.25) is 4.79 Å². The summed E-state index contributed by atoms with van der Waals surface area (Å²) in [5.41, 5.74) is 0. The highest BCUT2D eigenvalue weighted by Crippen LogP contribution is 2.27. The van der Waals surface area contributed by atoms with Crippen molar-refractivity contribution in [1.29, 1.82) is 0 Å². The molecule has 3 N–H and O–H groups in total. The molecule has 1 saturated carbocycles. The summed E-state index contributed by atoms with van der Waals surface area (Å²) in [7, 11) is 0. The van der Waals surface area contributed by atoms with Gasteiger partial charge in [-0.05, 0) is 43.4 Å². The maximum Gasteiger partial charge on any atom is 0.314 e. The molecule has 0 radical (unpaired) electrons. The fraction of sp³-hybridized carbons (Fsp3) is 0.875. The fourth-order valence-electron chi connectivity index (χ4n) is 2.99. The maximum absolute atomic E-state index is 11.7. The molecule has 0 saturated heterocycles. The first-order chi connectivity index (χ1) is 9.97. The van der Waals surface area contributed by atoms with Crippen LogP contribution in [-0.2, 0) is 4.79 Å². The van der Waals surface area contributed by atoms with Crippen LogP contribution in [0.4, 0.5) is 4.79 Å². The van der Waals surface area contributed by atoms with Gasteiger partial charge in [-0.25, -0.2) is 4.79 Å². The van der Waals surface area contributed by atoms with Crippen LogP contribution in [0.15, 0.2) is 0 Å². The van der Waals surface area contributed by atoms with Crippen LogP contribution in [0, 0.1) is 17.8 Å². The first kappa shape index (κ1) is 17.8. The summed E-state index contributed by atoms with van der Waals surface area (Å²) in [6, 6.07) is -0.0985. The van der Waals surface area contributed by atoms with Crippen molar-refractivity contribution in [2.24, 2.45) is 17.8 Å². The van der Waals surface area contributed by atoms with Gasteiger partial charge in [0.2, 0.25) is 0 Å². The van der Waals surface area contributed by atoms with E-state index >= 15 is 0 Å². The number of amides is 2. The normalized spacial score (nSPS) is 23.3. The lowest BCUT2D eigenvalue weighted by molar-refractivity contribution is -0.137. The molecule has 2 amide bonds. The number of nitrogens with one attached hydrogen (secondary N) is 2. The maximum atomic E-state index is 11.7. The van der Waals surface area contributed by atoms with Crippen molar-refractivity contribution in [3.63, 3.8) is 0 Å². The van der Waals surface area contributed by atoms with Gasteiger partial charge in [0.1, 0.15) is 0 Å². The van der Waals surface area contributed by atoms with E-state index in [1.54, 1.807) is 0 Å². The first-order valence-electron chi connectivity index (χ1n) is 8.20. The number of urea groups is 1. The number of carbonyl (C=O) groups excluding carboxylic acids is 1. The van der Waals surface area contributed by atoms with Crippen LogP contribution >= 0.6 is 0 Å². The Morgan fingerprint density at radius 2 is 2.00 bits per heavy atom. The number of hydrogen-bond donors (Lipinski definition) is 3. The molecule has 21 heavy (non-hydrogen) atoms. The van der Waals surface area contributed by atoms with Crippen LogP contribution in [0.5, 0.6) is 0 Å². The van der Waals surface area contributed by atoms with E-state index < -0.39 is 5.97 Å². The van der Waals surface area contributed by atoms with Gasteiger partial charge in [-0.1, -0.05) is 26.7 Å². The minimum atomic E-state index is -0.755. The standard InChI is InChI=1S/C16H30N2O3/c1-12(6-7-15(19)20)8-9-17-16(21)18-11-14-5-3-4-13(2)10-14/h12-14H,3-11H2,1-2H3,(H,19,20)(H2,17,18,21). The quantitative estimate of drug-likeness (QED) is 0.644. The zero-order valence-corrected chi connectivity index (χ0v) is 13.4. The summed E-state index contributed by atoms with van der Waals surface area (Å²) in [6.45, 7) is 5.68. The molecule has 5 nitrogen and oxygen atoms in total. The number of hydrogen-bond acceptors (Lipinski definition) is 2. The minimum Gasteiger partial charge on any atom is -0.481 e. The Kier molecular flexibility index (Phi) is 8.16. The molecular weight excluding hydrogens is 268 g/mol. The van der Waals surface area contributed by atoms with Crippen LogP contribution in [0.2, 0.25) is 0 Å². The Morgan fingerprint density at radius 1 is 1.24 bits per heavy atom. The van der Waals surface area contributed by atoms with Crippen molar-refractivity contribution in [3.05, 3.63) is 0 Å². The molecule has 3 atom stereocenters. The Morgan fingerprint density at radius 3 is 2.67 bits per heavy atom. The van der Waals surface area contributed by atoms with E-state index in [9.17, 15) is 9.59 Å². The Bertz CT molecular complexity index is 333. The van der Waals surface area contributed by atoms with Crippen LogP contribution in [0.25, 0.3) is 0 Å². The zero-order chi connectivity index (χ0) is 15.7. The average molecular weight is 298 g/mol. The molecule has 1 fully saturated rings. The van der Waals surface area contributed by atoms with Gasteiger partial charge in [0.25, 0.3) is 0 Å². The van der Waals surface area contributed by atoms with Crippen molar-refractivity contribution in [2.45, 2.75) is 58.8 Å². The summed E-state index contributed by atoms with van der Waals surface area (Å²) >= 11 is 0. The Hall–Kier alpha value is -1.26. The molecular formula is C16H30N2O3. The third-order valence-electron chi connectivity index (χ3n) is 4.37. The lowest BCUT2D eigenvalue weighted by Gasteiger charge is -2.26. The molecule has 0 aromatic carbocycles. The average Bonchev–Trinajstić information content (AvgIpc) is 2.43. The lowest BCUT2D eigenvalue weighted by atomic mass is 9.82. The SMILES string of the molecule is CC(CCNC(=O)NCC1CCCC(C)C1)CCC(=O)O. The van der Waals surface area contributed by atoms with E-state index in [1.807, 2.05) is 6.92 Å². The van der Waals surface area contributed by atoms with Gasteiger partial charge >= 0.3 is 12.0 Å². The highest BCUT2D eigenvalue weighted by molar-refractivity contribution is 5.73. The van der Waals surface area contributed by atoms with Crippen LogP contribution in [-0.4, -0.2) is 30.2 Å². The predicted molar refractivity (Wildman–Crippen MR) is 83.2 cm³/mol. The topological polar surface area (TPSA) is 78.4 Å². The second-order valence-electron chi connectivity index (χ2n) is 6.60. The summed E-state index contributed by atoms with van der Waals surface area (Å²) in [6.07, 6.45) is 6.71. The molecule has 1 aliphatic rings. The molecule has 0 aromatic heterocycles. The van der Waals surface area contributed by atoms with E-state index in [0.717, 1.165) is 18.9 Å². The first-order valence-corrected chi connectivity index (χ1v) is 8.20. The fourth-order valence-corrected chi connectivity index (χ4v) is 2.99. The van der Waals surface area contributed by atoms with Crippen molar-refractivity contribution in [3.8, 4) is 0 Å². The summed E-state index contributed by atoms with van der Waals surface area (Å²) in [4.78, 5) is 22.2. The van der Waals surface area contributed by atoms with Gasteiger partial charge in [-0.15, -0.1) is 0 Å². The molecule has 1 aliphatic carbocycles. The van der Waals surface area contributed by atoms with Crippen molar-refractivity contribution in [2.75, 3.05) is 13.1 Å². The van der Waals surface area contributed by atoms with E-state index in [2.05, 4.69) is 17.6 Å². The van der Waals surface area contributed by atoms with E-state index in [1.165, 1.54) is 25.7 Å². The minimum absolute atomic E-state index is 0.0985. The molecule has 0 aliphatic heterocycles. The third kappa shape index (κ3) is 8.58.